The molecule has 0 saturated carbocycles. The average molecular weight is 427 g/mol. The van der Waals surface area contributed by atoms with Crippen LogP contribution in [-0.2, 0) is 4.74 Å². The number of benzene rings is 1. The van der Waals surface area contributed by atoms with Crippen LogP contribution in [0.15, 0.2) is 33.8 Å². The SMILES string of the molecule is CC(CO)n1c(=O)c2c(-c3noc(C4CCC(C)(C)O4)n3)ncn2c2ccc(F)cc21. The highest BCUT2D eigenvalue weighted by molar-refractivity contribution is 5.83. The zero-order valence-corrected chi connectivity index (χ0v) is 17.4. The summed E-state index contributed by atoms with van der Waals surface area (Å²) >= 11 is 0. The number of rotatable bonds is 4. The van der Waals surface area contributed by atoms with Crippen molar-refractivity contribution in [1.82, 2.24) is 24.1 Å². The molecule has 2 atom stereocenters. The van der Waals surface area contributed by atoms with E-state index in [-0.39, 0.29) is 35.3 Å². The number of aromatic nitrogens is 5. The third-order valence-electron chi connectivity index (χ3n) is 5.75. The smallest absolute Gasteiger partial charge is 0.278 e. The van der Waals surface area contributed by atoms with Gasteiger partial charge in [0.05, 0.1) is 29.3 Å². The molecular weight excluding hydrogens is 405 g/mol. The van der Waals surface area contributed by atoms with Gasteiger partial charge in [-0.1, -0.05) is 5.16 Å². The summed E-state index contributed by atoms with van der Waals surface area (Å²) in [5.41, 5.74) is 0.708. The largest absolute Gasteiger partial charge is 0.394 e. The average Bonchev–Trinajstić information content (AvgIpc) is 3.45. The van der Waals surface area contributed by atoms with Crippen molar-refractivity contribution in [2.24, 2.45) is 0 Å². The highest BCUT2D eigenvalue weighted by atomic mass is 19.1. The van der Waals surface area contributed by atoms with Gasteiger partial charge < -0.3 is 14.4 Å². The molecule has 0 spiro atoms. The van der Waals surface area contributed by atoms with E-state index in [9.17, 15) is 14.3 Å². The molecule has 3 aromatic heterocycles. The molecule has 1 saturated heterocycles. The van der Waals surface area contributed by atoms with Gasteiger partial charge in [-0.2, -0.15) is 4.98 Å². The Morgan fingerprint density at radius 3 is 2.87 bits per heavy atom. The van der Waals surface area contributed by atoms with Gasteiger partial charge in [-0.05, 0) is 51.8 Å². The standard InChI is InChI=1S/C21H22FN5O4/c1-11(9-28)27-14-8-12(22)4-5-13(14)26-10-23-16(17(26)20(27)29)18-24-19(31-25-18)15-6-7-21(2,3)30-15/h4-5,8,10-11,15,28H,6-7,9H2,1-3H3. The Balaban J connectivity index is 1.70. The molecule has 0 bridgehead atoms. The Morgan fingerprint density at radius 1 is 1.35 bits per heavy atom. The molecule has 1 aliphatic rings. The molecule has 1 aromatic carbocycles. The predicted molar refractivity (Wildman–Crippen MR) is 109 cm³/mol. The summed E-state index contributed by atoms with van der Waals surface area (Å²) in [4.78, 5) is 22.2. The molecule has 1 fully saturated rings. The molecule has 5 rings (SSSR count). The van der Waals surface area contributed by atoms with Crippen molar-refractivity contribution in [1.29, 1.82) is 0 Å². The van der Waals surface area contributed by atoms with Crippen LogP contribution in [0.3, 0.4) is 0 Å². The quantitative estimate of drug-likeness (QED) is 0.533. The Labute approximate surface area is 176 Å². The summed E-state index contributed by atoms with van der Waals surface area (Å²) in [6.07, 6.45) is 2.80. The van der Waals surface area contributed by atoms with Crippen molar-refractivity contribution in [3.8, 4) is 11.5 Å². The first-order chi connectivity index (χ1) is 14.8. The molecule has 162 valence electrons. The van der Waals surface area contributed by atoms with Gasteiger partial charge in [0.2, 0.25) is 5.82 Å². The maximum absolute atomic E-state index is 13.9. The summed E-state index contributed by atoms with van der Waals surface area (Å²) < 4.78 is 28.3. The number of ether oxygens (including phenoxy) is 1. The maximum Gasteiger partial charge on any atom is 0.278 e. The molecule has 31 heavy (non-hydrogen) atoms. The van der Waals surface area contributed by atoms with Crippen LogP contribution >= 0.6 is 0 Å². The van der Waals surface area contributed by atoms with Crippen molar-refractivity contribution in [2.45, 2.75) is 51.4 Å². The van der Waals surface area contributed by atoms with Crippen LogP contribution < -0.4 is 5.56 Å². The second-order valence-electron chi connectivity index (χ2n) is 8.51. The van der Waals surface area contributed by atoms with Crippen molar-refractivity contribution in [3.05, 3.63) is 46.6 Å². The number of hydrogen-bond donors (Lipinski definition) is 1. The van der Waals surface area contributed by atoms with Gasteiger partial charge in [0.1, 0.15) is 29.5 Å². The van der Waals surface area contributed by atoms with E-state index in [1.807, 2.05) is 13.8 Å². The number of halogens is 1. The lowest BCUT2D eigenvalue weighted by molar-refractivity contribution is -0.0292. The minimum Gasteiger partial charge on any atom is -0.394 e. The topological polar surface area (TPSA) is 108 Å². The fraction of sp³-hybridized carbons (Fsp3) is 0.429. The molecule has 4 heterocycles. The highest BCUT2D eigenvalue weighted by Crippen LogP contribution is 2.38. The van der Waals surface area contributed by atoms with Gasteiger partial charge in [-0.3, -0.25) is 13.8 Å². The number of nitrogens with zero attached hydrogens (tertiary/aromatic N) is 5. The van der Waals surface area contributed by atoms with Crippen LogP contribution in [0.4, 0.5) is 4.39 Å². The van der Waals surface area contributed by atoms with E-state index in [0.717, 1.165) is 12.8 Å². The molecule has 1 N–H and O–H groups in total. The fourth-order valence-corrected chi connectivity index (χ4v) is 4.15. The van der Waals surface area contributed by atoms with Gasteiger partial charge in [0, 0.05) is 0 Å². The lowest BCUT2D eigenvalue weighted by Crippen LogP contribution is -2.27. The van der Waals surface area contributed by atoms with Crippen LogP contribution in [0.25, 0.3) is 28.1 Å². The predicted octanol–water partition coefficient (Wildman–Crippen LogP) is 3.02. The maximum atomic E-state index is 13.9. The first-order valence-corrected chi connectivity index (χ1v) is 10.1. The number of fused-ring (bicyclic) bond motifs is 3. The van der Waals surface area contributed by atoms with Crippen molar-refractivity contribution in [3.63, 3.8) is 0 Å². The second-order valence-corrected chi connectivity index (χ2v) is 8.51. The van der Waals surface area contributed by atoms with Gasteiger partial charge in [0.15, 0.2) is 0 Å². The third-order valence-corrected chi connectivity index (χ3v) is 5.75. The monoisotopic (exact) mass is 427 g/mol. The highest BCUT2D eigenvalue weighted by Gasteiger charge is 2.36. The van der Waals surface area contributed by atoms with E-state index >= 15 is 0 Å². The number of aliphatic hydroxyl groups excluding tert-OH is 1. The van der Waals surface area contributed by atoms with Crippen LogP contribution in [0, 0.1) is 5.82 Å². The number of imidazole rings is 1. The summed E-state index contributed by atoms with van der Waals surface area (Å²) in [5, 5.41) is 13.7. The van der Waals surface area contributed by atoms with E-state index in [1.54, 1.807) is 17.4 Å². The van der Waals surface area contributed by atoms with Crippen molar-refractivity contribution >= 4 is 16.6 Å². The van der Waals surface area contributed by atoms with E-state index < -0.39 is 17.4 Å². The summed E-state index contributed by atoms with van der Waals surface area (Å²) in [6.45, 7) is 5.41. The Morgan fingerprint density at radius 2 is 2.16 bits per heavy atom. The van der Waals surface area contributed by atoms with Gasteiger partial charge in [0.25, 0.3) is 11.4 Å². The minimum atomic E-state index is -0.570. The Hall–Kier alpha value is -3.11. The Kier molecular flexibility index (Phi) is 4.45. The first kappa shape index (κ1) is 19.8. The summed E-state index contributed by atoms with van der Waals surface area (Å²) in [6, 6.07) is 3.58. The normalized spacial score (nSPS) is 19.5. The second kappa shape index (κ2) is 6.96. The van der Waals surface area contributed by atoms with E-state index in [4.69, 9.17) is 9.26 Å². The van der Waals surface area contributed by atoms with Crippen molar-refractivity contribution in [2.75, 3.05) is 6.61 Å². The zero-order valence-electron chi connectivity index (χ0n) is 17.4. The molecule has 0 aliphatic carbocycles. The molecule has 10 heteroatoms. The molecule has 4 aromatic rings. The van der Waals surface area contributed by atoms with E-state index in [1.165, 1.54) is 23.0 Å². The Bertz CT molecular complexity index is 1360. The van der Waals surface area contributed by atoms with Gasteiger partial charge in [-0.15, -0.1) is 0 Å². The molecule has 2 unspecified atom stereocenters. The molecule has 0 radical (unpaired) electrons. The molecule has 0 amide bonds. The first-order valence-electron chi connectivity index (χ1n) is 10.1. The van der Waals surface area contributed by atoms with E-state index in [0.29, 0.717) is 16.9 Å². The van der Waals surface area contributed by atoms with Crippen LogP contribution in [-0.4, -0.2) is 41.4 Å². The van der Waals surface area contributed by atoms with Crippen molar-refractivity contribution < 1.29 is 18.8 Å². The summed E-state index contributed by atoms with van der Waals surface area (Å²) in [7, 11) is 0. The van der Waals surface area contributed by atoms with E-state index in [2.05, 4.69) is 15.1 Å². The van der Waals surface area contributed by atoms with Gasteiger partial charge in [-0.25, -0.2) is 9.37 Å². The number of hydrogen-bond acceptors (Lipinski definition) is 7. The lowest BCUT2D eigenvalue weighted by Gasteiger charge is -2.17. The third kappa shape index (κ3) is 3.14. The minimum absolute atomic E-state index is 0.174. The lowest BCUT2D eigenvalue weighted by atomic mass is 10.1. The molecular formula is C21H22FN5O4. The van der Waals surface area contributed by atoms with Gasteiger partial charge >= 0.3 is 0 Å². The van der Waals surface area contributed by atoms with Crippen LogP contribution in [0.1, 0.15) is 51.6 Å². The van der Waals surface area contributed by atoms with Crippen LogP contribution in [0.2, 0.25) is 0 Å². The zero-order chi connectivity index (χ0) is 21.9. The van der Waals surface area contributed by atoms with Crippen LogP contribution in [0.5, 0.6) is 0 Å². The summed E-state index contributed by atoms with van der Waals surface area (Å²) in [5.74, 6) is 0.0361. The fourth-order valence-electron chi connectivity index (χ4n) is 4.15. The number of aliphatic hydroxyl groups is 1. The molecule has 9 nitrogen and oxygen atoms in total. The molecule has 1 aliphatic heterocycles.